The third-order valence-corrected chi connectivity index (χ3v) is 6.42. The van der Waals surface area contributed by atoms with Crippen molar-refractivity contribution in [2.24, 2.45) is 13.0 Å². The van der Waals surface area contributed by atoms with E-state index in [0.717, 1.165) is 6.07 Å². The van der Waals surface area contributed by atoms with Crippen LogP contribution >= 0.6 is 0 Å². The lowest BCUT2D eigenvalue weighted by Gasteiger charge is -2.31. The van der Waals surface area contributed by atoms with Crippen LogP contribution in [0.1, 0.15) is 30.5 Å². The molecule has 0 bridgehead atoms. The fraction of sp³-hybridized carbons (Fsp3) is 0.462. The summed E-state index contributed by atoms with van der Waals surface area (Å²) in [5.74, 6) is -0.0599. The summed E-state index contributed by atoms with van der Waals surface area (Å²) in [6.07, 6.45) is -9.24. The van der Waals surface area contributed by atoms with Gasteiger partial charge >= 0.3 is 12.4 Å². The van der Waals surface area contributed by atoms with Gasteiger partial charge in [-0.3, -0.25) is 9.69 Å². The monoisotopic (exact) mass is 591 g/mol. The zero-order valence-corrected chi connectivity index (χ0v) is 21.6. The van der Waals surface area contributed by atoms with Crippen molar-refractivity contribution >= 4 is 17.3 Å². The molecular formula is C26H25F8N5O2. The average Bonchev–Trinajstić information content (AvgIpc) is 3.29. The predicted octanol–water partition coefficient (Wildman–Crippen LogP) is 6.02. The van der Waals surface area contributed by atoms with E-state index in [9.17, 15) is 40.4 Å². The second kappa shape index (κ2) is 13.2. The van der Waals surface area contributed by atoms with Gasteiger partial charge < -0.3 is 9.30 Å². The molecule has 3 heterocycles. The van der Waals surface area contributed by atoms with Crippen LogP contribution in [-0.4, -0.2) is 64.6 Å². The molecule has 1 fully saturated rings. The standard InChI is InChI=1S/C24H24F5N5O.C2HF3O/c1-33-14-31-23-19(12-30)32-18(11-20(23)33)16-2-3-21(17(10-16)24(27,28)29)35-9-6-15-4-7-34(8-5-15)13-22(25)26;3-2(4,5)1-6/h2-3,10-11,14-15,22H,4-9,13H2,1H3;1H. The first-order chi connectivity index (χ1) is 19.2. The van der Waals surface area contributed by atoms with Crippen molar-refractivity contribution < 1.29 is 44.7 Å². The number of pyridine rings is 1. The molecule has 2 aromatic heterocycles. The number of carbonyl (C=O) groups excluding carboxylic acids is 1. The van der Waals surface area contributed by atoms with E-state index in [2.05, 4.69) is 9.97 Å². The minimum Gasteiger partial charge on any atom is -0.493 e. The van der Waals surface area contributed by atoms with Crippen LogP contribution in [0.4, 0.5) is 35.1 Å². The highest BCUT2D eigenvalue weighted by atomic mass is 19.4. The van der Waals surface area contributed by atoms with E-state index in [1.54, 1.807) is 22.6 Å². The molecule has 0 atom stereocenters. The second-order valence-electron chi connectivity index (χ2n) is 9.33. The third kappa shape index (κ3) is 8.84. The molecule has 0 N–H and O–H groups in total. The summed E-state index contributed by atoms with van der Waals surface area (Å²) in [6.45, 7) is 0.953. The number of aldehydes is 1. The van der Waals surface area contributed by atoms with Crippen LogP contribution in [0, 0.1) is 17.2 Å². The number of benzene rings is 1. The molecular weight excluding hydrogens is 566 g/mol. The second-order valence-corrected chi connectivity index (χ2v) is 9.33. The Kier molecular flexibility index (Phi) is 10.2. The molecule has 0 unspecified atom stereocenters. The molecule has 15 heteroatoms. The molecule has 0 spiro atoms. The Balaban J connectivity index is 0.000000696. The number of aryl methyl sites for hydroxylation is 1. The number of aromatic nitrogens is 3. The van der Waals surface area contributed by atoms with E-state index in [4.69, 9.17) is 9.53 Å². The van der Waals surface area contributed by atoms with Crippen LogP contribution in [0.5, 0.6) is 5.75 Å². The lowest BCUT2D eigenvalue weighted by atomic mass is 9.94. The summed E-state index contributed by atoms with van der Waals surface area (Å²) in [5, 5.41) is 9.40. The minimum atomic E-state index is -4.65. The maximum Gasteiger partial charge on any atom is 0.446 e. The molecule has 41 heavy (non-hydrogen) atoms. The quantitative estimate of drug-likeness (QED) is 0.247. The number of rotatable bonds is 7. The van der Waals surface area contributed by atoms with E-state index in [1.165, 1.54) is 18.5 Å². The van der Waals surface area contributed by atoms with Crippen molar-refractivity contribution in [2.75, 3.05) is 26.2 Å². The Morgan fingerprint density at radius 2 is 1.80 bits per heavy atom. The molecule has 222 valence electrons. The highest BCUT2D eigenvalue weighted by Crippen LogP contribution is 2.39. The smallest absolute Gasteiger partial charge is 0.446 e. The van der Waals surface area contributed by atoms with Crippen molar-refractivity contribution in [2.45, 2.75) is 38.0 Å². The molecule has 1 aromatic carbocycles. The fourth-order valence-electron chi connectivity index (χ4n) is 4.38. The highest BCUT2D eigenvalue weighted by molar-refractivity contribution is 5.84. The van der Waals surface area contributed by atoms with Crippen molar-refractivity contribution in [3.63, 3.8) is 0 Å². The van der Waals surface area contributed by atoms with Crippen LogP contribution < -0.4 is 4.74 Å². The molecule has 3 aromatic rings. The van der Waals surface area contributed by atoms with Crippen LogP contribution in [0.25, 0.3) is 22.3 Å². The Hall–Kier alpha value is -3.80. The van der Waals surface area contributed by atoms with Gasteiger partial charge in [0.25, 0.3) is 6.43 Å². The number of fused-ring (bicyclic) bond motifs is 1. The largest absolute Gasteiger partial charge is 0.493 e. The normalized spacial score (nSPS) is 15.0. The Bertz CT molecular complexity index is 1370. The molecule has 4 rings (SSSR count). The van der Waals surface area contributed by atoms with E-state index < -0.39 is 30.6 Å². The lowest BCUT2D eigenvalue weighted by molar-refractivity contribution is -0.156. The maximum atomic E-state index is 13.9. The number of nitriles is 1. The summed E-state index contributed by atoms with van der Waals surface area (Å²) in [4.78, 5) is 18.7. The Labute approximate surface area is 229 Å². The third-order valence-electron chi connectivity index (χ3n) is 6.42. The van der Waals surface area contributed by atoms with E-state index >= 15 is 0 Å². The number of carbonyl (C=O) groups is 1. The molecule has 0 saturated carbocycles. The number of ether oxygens (including phenoxy) is 1. The molecule has 1 aliphatic heterocycles. The van der Waals surface area contributed by atoms with Gasteiger partial charge in [-0.2, -0.15) is 31.6 Å². The predicted molar refractivity (Wildman–Crippen MR) is 131 cm³/mol. The van der Waals surface area contributed by atoms with Crippen molar-refractivity contribution in [3.05, 3.63) is 41.9 Å². The topological polar surface area (TPSA) is 84.0 Å². The number of hydrogen-bond donors (Lipinski definition) is 0. The molecule has 0 aliphatic carbocycles. The van der Waals surface area contributed by atoms with Crippen LogP contribution in [0.15, 0.2) is 30.6 Å². The molecule has 0 radical (unpaired) electrons. The van der Waals surface area contributed by atoms with Gasteiger partial charge in [-0.15, -0.1) is 0 Å². The fourth-order valence-corrected chi connectivity index (χ4v) is 4.38. The first kappa shape index (κ1) is 31.7. The number of piperidine rings is 1. The first-order valence-corrected chi connectivity index (χ1v) is 12.3. The summed E-state index contributed by atoms with van der Waals surface area (Å²) in [6, 6.07) is 7.27. The number of alkyl halides is 8. The zero-order chi connectivity index (χ0) is 30.4. The van der Waals surface area contributed by atoms with Gasteiger partial charge in [0.1, 0.15) is 17.3 Å². The SMILES string of the molecule is Cn1cnc2c(C#N)nc(-c3ccc(OCCC4CCN(CC(F)F)CC4)c(C(F)(F)F)c3)cc21.O=CC(F)(F)F. The van der Waals surface area contributed by atoms with Gasteiger partial charge in [-0.25, -0.2) is 18.7 Å². The van der Waals surface area contributed by atoms with Gasteiger partial charge in [0.05, 0.1) is 36.3 Å². The first-order valence-electron chi connectivity index (χ1n) is 12.3. The van der Waals surface area contributed by atoms with Gasteiger partial charge in [0, 0.05) is 12.6 Å². The molecule has 1 saturated heterocycles. The molecule has 0 amide bonds. The highest BCUT2D eigenvalue weighted by Gasteiger charge is 2.35. The van der Waals surface area contributed by atoms with Gasteiger partial charge in [0.2, 0.25) is 6.29 Å². The Morgan fingerprint density at radius 3 is 2.37 bits per heavy atom. The van der Waals surface area contributed by atoms with E-state index in [1.807, 2.05) is 6.07 Å². The lowest BCUT2D eigenvalue weighted by Crippen LogP contribution is -2.37. The van der Waals surface area contributed by atoms with Gasteiger partial charge in [-0.1, -0.05) is 0 Å². The number of likely N-dealkylation sites (tertiary alicyclic amines) is 1. The number of nitrogens with zero attached hydrogens (tertiary/aromatic N) is 5. The van der Waals surface area contributed by atoms with E-state index in [0.29, 0.717) is 43.4 Å². The number of halogens is 8. The Morgan fingerprint density at radius 1 is 1.15 bits per heavy atom. The van der Waals surface area contributed by atoms with Crippen molar-refractivity contribution in [3.8, 4) is 23.1 Å². The van der Waals surface area contributed by atoms with E-state index in [-0.39, 0.29) is 41.8 Å². The van der Waals surface area contributed by atoms with Crippen molar-refractivity contribution in [1.29, 1.82) is 5.26 Å². The molecule has 1 aliphatic rings. The number of imidazole rings is 1. The minimum absolute atomic E-state index is 0.0339. The maximum absolute atomic E-state index is 13.9. The summed E-state index contributed by atoms with van der Waals surface area (Å²) in [5.41, 5.74) is 0.509. The summed E-state index contributed by atoms with van der Waals surface area (Å²) >= 11 is 0. The average molecular weight is 592 g/mol. The summed E-state index contributed by atoms with van der Waals surface area (Å²) < 4.78 is 105. The molecule has 7 nitrogen and oxygen atoms in total. The van der Waals surface area contributed by atoms with Crippen LogP contribution in [-0.2, 0) is 18.0 Å². The zero-order valence-electron chi connectivity index (χ0n) is 21.6. The van der Waals surface area contributed by atoms with Crippen LogP contribution in [0.2, 0.25) is 0 Å². The van der Waals surface area contributed by atoms with Gasteiger partial charge in [0.15, 0.2) is 5.69 Å². The summed E-state index contributed by atoms with van der Waals surface area (Å²) in [7, 11) is 1.72. The van der Waals surface area contributed by atoms with Crippen molar-refractivity contribution in [1.82, 2.24) is 19.4 Å². The number of hydrogen-bond acceptors (Lipinski definition) is 6. The van der Waals surface area contributed by atoms with Crippen LogP contribution in [0.3, 0.4) is 0 Å². The van der Waals surface area contributed by atoms with Gasteiger partial charge in [-0.05, 0) is 62.5 Å².